The summed E-state index contributed by atoms with van der Waals surface area (Å²) in [6.45, 7) is 7.08. The second-order valence-electron chi connectivity index (χ2n) is 15.5. The number of hydrogen-bond donors (Lipinski definition) is 3. The third kappa shape index (κ3) is 6.87. The molecule has 2 aromatic heterocycles. The highest BCUT2D eigenvalue weighted by Gasteiger charge is 2.38. The van der Waals surface area contributed by atoms with Gasteiger partial charge in [0.15, 0.2) is 0 Å². The lowest BCUT2D eigenvalue weighted by Crippen LogP contribution is -2.51. The largest absolute Gasteiger partial charge is 0.453 e. The summed E-state index contributed by atoms with van der Waals surface area (Å²) in [4.78, 5) is 59.8. The number of H-pyrrole nitrogens is 2. The van der Waals surface area contributed by atoms with Crippen LogP contribution in [0, 0.1) is 5.92 Å². The SMILES string of the molecule is COC(=O)N[C@H](C(=O)N1CCC[C@H]1c1nc2c3ccccc3c3cc(-c4ccc(-c5cnc([C@@H]6CCCN6C(=O)C[C@@H](C)OC)[nH]5)cc4)ccc3c2[nH]1)C(C)C. The zero-order valence-electron chi connectivity index (χ0n) is 32.6. The van der Waals surface area contributed by atoms with E-state index in [1.807, 2.05) is 42.8 Å². The minimum Gasteiger partial charge on any atom is -0.453 e. The maximum atomic E-state index is 13.9. The molecule has 2 aliphatic rings. The Balaban J connectivity index is 1.08. The molecule has 0 bridgehead atoms. The van der Waals surface area contributed by atoms with Crippen LogP contribution in [-0.2, 0) is 19.1 Å². The van der Waals surface area contributed by atoms with Gasteiger partial charge in [-0.2, -0.15) is 0 Å². The summed E-state index contributed by atoms with van der Waals surface area (Å²) in [6.07, 6.45) is 4.93. The van der Waals surface area contributed by atoms with Gasteiger partial charge in [-0.3, -0.25) is 9.59 Å². The molecule has 0 spiro atoms. The molecule has 2 aliphatic heterocycles. The number of rotatable bonds is 10. The highest BCUT2D eigenvalue weighted by molar-refractivity contribution is 6.23. The number of ether oxygens (including phenoxy) is 2. The number of benzene rings is 4. The Morgan fingerprint density at radius 2 is 1.48 bits per heavy atom. The molecule has 6 aromatic rings. The van der Waals surface area contributed by atoms with Gasteiger partial charge in [0.05, 0.1) is 54.6 Å². The minimum absolute atomic E-state index is 0.0587. The van der Waals surface area contributed by atoms with Crippen molar-refractivity contribution in [3.8, 4) is 22.4 Å². The number of imidazole rings is 2. The van der Waals surface area contributed by atoms with E-state index in [9.17, 15) is 14.4 Å². The summed E-state index contributed by atoms with van der Waals surface area (Å²) >= 11 is 0. The maximum Gasteiger partial charge on any atom is 0.407 e. The van der Waals surface area contributed by atoms with Crippen molar-refractivity contribution in [2.75, 3.05) is 27.3 Å². The molecule has 2 fully saturated rings. The normalized spacial score (nSPS) is 18.3. The lowest BCUT2D eigenvalue weighted by molar-refractivity contribution is -0.136. The van der Waals surface area contributed by atoms with Crippen LogP contribution >= 0.6 is 0 Å². The number of alkyl carbamates (subject to hydrolysis) is 1. The van der Waals surface area contributed by atoms with E-state index in [1.165, 1.54) is 7.11 Å². The summed E-state index contributed by atoms with van der Waals surface area (Å²) in [5, 5.41) is 7.06. The van der Waals surface area contributed by atoms with Crippen LogP contribution in [0.2, 0.25) is 0 Å². The Kier molecular flexibility index (Phi) is 10.2. The van der Waals surface area contributed by atoms with E-state index in [4.69, 9.17) is 19.4 Å². The zero-order chi connectivity index (χ0) is 39.1. The van der Waals surface area contributed by atoms with Gasteiger partial charge in [-0.25, -0.2) is 14.8 Å². The van der Waals surface area contributed by atoms with Crippen molar-refractivity contribution in [2.45, 2.75) is 77.1 Å². The summed E-state index contributed by atoms with van der Waals surface area (Å²) in [6, 6.07) is 22.4. The van der Waals surface area contributed by atoms with E-state index in [1.54, 1.807) is 7.11 Å². The van der Waals surface area contributed by atoms with Crippen LogP contribution in [-0.4, -0.2) is 87.1 Å². The van der Waals surface area contributed by atoms with Gasteiger partial charge in [0.2, 0.25) is 11.8 Å². The summed E-state index contributed by atoms with van der Waals surface area (Å²) < 4.78 is 10.2. The molecule has 2 saturated heterocycles. The van der Waals surface area contributed by atoms with Gasteiger partial charge >= 0.3 is 6.09 Å². The fourth-order valence-corrected chi connectivity index (χ4v) is 8.51. The standard InChI is InChI=1S/C44H49N7O5/c1-25(2)38(49-44(54)56-5)43(53)51-21-9-13-36(51)42-47-39-31-11-7-6-10-30(31)33-23-29(18-19-32(33)40(39)48-42)27-14-16-28(17-15-27)34-24-45-41(46-34)35-12-8-20-50(35)37(52)22-26(3)55-4/h6-7,10-11,14-19,23-26,35-36,38H,8-9,12-13,20-22H2,1-5H3,(H,45,46)(H,47,48)(H,49,54)/t26-,35+,36+,38+/m1/s1. The number of methoxy groups -OCH3 is 2. The van der Waals surface area contributed by atoms with E-state index in [2.05, 4.69) is 75.9 Å². The molecule has 4 heterocycles. The molecule has 3 amide bonds. The maximum absolute atomic E-state index is 13.9. The number of fused-ring (bicyclic) bond motifs is 6. The van der Waals surface area contributed by atoms with E-state index in [-0.39, 0.29) is 35.9 Å². The monoisotopic (exact) mass is 755 g/mol. The van der Waals surface area contributed by atoms with E-state index in [0.717, 1.165) is 98.8 Å². The molecular weight excluding hydrogens is 707 g/mol. The molecule has 0 aliphatic carbocycles. The Labute approximate surface area is 326 Å². The van der Waals surface area contributed by atoms with Crippen molar-refractivity contribution in [2.24, 2.45) is 5.92 Å². The Morgan fingerprint density at radius 3 is 2.20 bits per heavy atom. The third-order valence-electron chi connectivity index (χ3n) is 11.6. The predicted molar refractivity (Wildman–Crippen MR) is 217 cm³/mol. The van der Waals surface area contributed by atoms with Gasteiger partial charge in [-0.05, 0) is 72.1 Å². The molecular formula is C44H49N7O5. The van der Waals surface area contributed by atoms with Crippen LogP contribution in [0.15, 0.2) is 72.9 Å². The molecule has 290 valence electrons. The second kappa shape index (κ2) is 15.4. The summed E-state index contributed by atoms with van der Waals surface area (Å²) in [7, 11) is 2.94. The number of hydrogen-bond acceptors (Lipinski definition) is 7. The number of nitrogens with zero attached hydrogens (tertiary/aromatic N) is 4. The molecule has 0 unspecified atom stereocenters. The van der Waals surface area contributed by atoms with Gasteiger partial charge in [0, 0.05) is 31.0 Å². The number of likely N-dealkylation sites (tertiary alicyclic amines) is 2. The smallest absolute Gasteiger partial charge is 0.407 e. The average Bonchev–Trinajstić information content (AvgIpc) is 4.06. The zero-order valence-corrected chi connectivity index (χ0v) is 32.6. The number of aromatic nitrogens is 4. The van der Waals surface area contributed by atoms with Crippen LogP contribution in [0.25, 0.3) is 55.0 Å². The molecule has 3 N–H and O–H groups in total. The van der Waals surface area contributed by atoms with E-state index in [0.29, 0.717) is 13.0 Å². The van der Waals surface area contributed by atoms with Crippen LogP contribution in [0.5, 0.6) is 0 Å². The van der Waals surface area contributed by atoms with Gasteiger partial charge in [-0.1, -0.05) is 74.5 Å². The number of carbonyl (C=O) groups is 3. The lowest BCUT2D eigenvalue weighted by atomic mass is 9.95. The first-order valence-corrected chi connectivity index (χ1v) is 19.6. The first-order chi connectivity index (χ1) is 27.1. The van der Waals surface area contributed by atoms with Crippen molar-refractivity contribution in [3.63, 3.8) is 0 Å². The fraction of sp³-hybridized carbons (Fsp3) is 0.386. The fourth-order valence-electron chi connectivity index (χ4n) is 8.51. The summed E-state index contributed by atoms with van der Waals surface area (Å²) in [5.74, 6) is 1.42. The molecule has 12 heteroatoms. The minimum atomic E-state index is -0.700. The van der Waals surface area contributed by atoms with Crippen LogP contribution < -0.4 is 5.32 Å². The van der Waals surface area contributed by atoms with Crippen LogP contribution in [0.1, 0.15) is 76.6 Å². The summed E-state index contributed by atoms with van der Waals surface area (Å²) in [5.41, 5.74) is 5.93. The molecule has 12 nitrogen and oxygen atoms in total. The molecule has 0 saturated carbocycles. The van der Waals surface area contributed by atoms with Crippen LogP contribution in [0.3, 0.4) is 0 Å². The number of aromatic amines is 2. The third-order valence-corrected chi connectivity index (χ3v) is 11.6. The average molecular weight is 756 g/mol. The predicted octanol–water partition coefficient (Wildman–Crippen LogP) is 8.06. The van der Waals surface area contributed by atoms with Crippen molar-refractivity contribution in [1.29, 1.82) is 0 Å². The van der Waals surface area contributed by atoms with Gasteiger partial charge in [-0.15, -0.1) is 0 Å². The molecule has 4 atom stereocenters. The highest BCUT2D eigenvalue weighted by atomic mass is 16.5. The Bertz CT molecular complexity index is 2420. The van der Waals surface area contributed by atoms with E-state index < -0.39 is 12.1 Å². The number of amides is 3. The number of carbonyl (C=O) groups excluding carboxylic acids is 3. The van der Waals surface area contributed by atoms with Crippen molar-refractivity contribution in [3.05, 3.63) is 84.6 Å². The first-order valence-electron chi connectivity index (χ1n) is 19.6. The Morgan fingerprint density at radius 1 is 0.804 bits per heavy atom. The van der Waals surface area contributed by atoms with Crippen molar-refractivity contribution >= 4 is 50.5 Å². The number of nitrogens with one attached hydrogen (secondary N) is 3. The van der Waals surface area contributed by atoms with Gasteiger partial charge in [0.25, 0.3) is 0 Å². The van der Waals surface area contributed by atoms with Gasteiger partial charge < -0.3 is 34.6 Å². The lowest BCUT2D eigenvalue weighted by Gasteiger charge is -2.29. The van der Waals surface area contributed by atoms with E-state index >= 15 is 0 Å². The molecule has 56 heavy (non-hydrogen) atoms. The highest BCUT2D eigenvalue weighted by Crippen LogP contribution is 2.40. The first kappa shape index (κ1) is 37.2. The second-order valence-corrected chi connectivity index (χ2v) is 15.5. The van der Waals surface area contributed by atoms with Crippen LogP contribution in [0.4, 0.5) is 4.79 Å². The van der Waals surface area contributed by atoms with Gasteiger partial charge in [0.1, 0.15) is 17.7 Å². The molecule has 4 aromatic carbocycles. The molecule has 0 radical (unpaired) electrons. The van der Waals surface area contributed by atoms with Crippen molar-refractivity contribution < 1.29 is 23.9 Å². The topological polar surface area (TPSA) is 146 Å². The molecule has 8 rings (SSSR count). The quantitative estimate of drug-likeness (QED) is 0.120. The Hall–Kier alpha value is -5.75. The van der Waals surface area contributed by atoms with Crippen molar-refractivity contribution in [1.82, 2.24) is 35.1 Å².